The summed E-state index contributed by atoms with van der Waals surface area (Å²) in [6.45, 7) is 10.6. The van der Waals surface area contributed by atoms with Crippen LogP contribution in [0.3, 0.4) is 0 Å². The van der Waals surface area contributed by atoms with Gasteiger partial charge in [0.05, 0.1) is 4.47 Å². The Balaban J connectivity index is 3.35. The molecule has 0 fully saturated rings. The van der Waals surface area contributed by atoms with Gasteiger partial charge >= 0.3 is 6.09 Å². The Bertz CT molecular complexity index is 656. The Morgan fingerprint density at radius 3 is 2.58 bits per heavy atom. The molecular formula is C17H25Br2N5O2. The number of alkyl halides is 1. The smallest absolute Gasteiger partial charge is 0.429 e. The summed E-state index contributed by atoms with van der Waals surface area (Å²) in [6.07, 6.45) is 1.80. The molecule has 9 heteroatoms. The SMILES string of the molecule is CC(C)CN(c1nc(C#N)ncc1Br)N(CCCBr)C(=O)OC(C)(C)C. The standard InChI is InChI=1S/C17H25Br2N5O2/c1-12(2)11-24(15-13(19)10-21-14(9-20)22-15)23(8-6-7-18)16(25)26-17(3,4)5/h10,12H,6-8,11H2,1-5H3. The minimum atomic E-state index is -0.617. The summed E-state index contributed by atoms with van der Waals surface area (Å²) in [7, 11) is 0. The minimum Gasteiger partial charge on any atom is -0.442 e. The van der Waals surface area contributed by atoms with Gasteiger partial charge in [0.1, 0.15) is 11.7 Å². The quantitative estimate of drug-likeness (QED) is 0.413. The number of nitriles is 1. The molecule has 0 radical (unpaired) electrons. The van der Waals surface area contributed by atoms with Gasteiger partial charge in [0.15, 0.2) is 5.82 Å². The van der Waals surface area contributed by atoms with Crippen molar-refractivity contribution in [1.29, 1.82) is 5.26 Å². The van der Waals surface area contributed by atoms with Crippen molar-refractivity contribution in [2.45, 2.75) is 46.6 Å². The molecule has 0 aliphatic heterocycles. The topological polar surface area (TPSA) is 82.4 Å². The predicted molar refractivity (Wildman–Crippen MR) is 108 cm³/mol. The monoisotopic (exact) mass is 489 g/mol. The molecule has 26 heavy (non-hydrogen) atoms. The maximum absolute atomic E-state index is 12.8. The molecule has 0 spiro atoms. The van der Waals surface area contributed by atoms with Gasteiger partial charge in [0, 0.05) is 24.6 Å². The first-order valence-electron chi connectivity index (χ1n) is 8.35. The zero-order chi connectivity index (χ0) is 19.9. The van der Waals surface area contributed by atoms with Gasteiger partial charge in [-0.05, 0) is 49.0 Å². The summed E-state index contributed by atoms with van der Waals surface area (Å²) >= 11 is 6.84. The fourth-order valence-electron chi connectivity index (χ4n) is 2.07. The van der Waals surface area contributed by atoms with Crippen LogP contribution in [0.2, 0.25) is 0 Å². The Morgan fingerprint density at radius 2 is 2.08 bits per heavy atom. The lowest BCUT2D eigenvalue weighted by molar-refractivity contribution is 0.0218. The molecule has 1 heterocycles. The molecule has 1 rings (SSSR count). The van der Waals surface area contributed by atoms with Crippen LogP contribution in [0.4, 0.5) is 10.6 Å². The van der Waals surface area contributed by atoms with E-state index in [0.717, 1.165) is 11.8 Å². The highest BCUT2D eigenvalue weighted by Crippen LogP contribution is 2.27. The molecule has 0 atom stereocenters. The summed E-state index contributed by atoms with van der Waals surface area (Å²) in [4.78, 5) is 21.1. The van der Waals surface area contributed by atoms with Gasteiger partial charge in [-0.15, -0.1) is 0 Å². The van der Waals surface area contributed by atoms with E-state index in [1.54, 1.807) is 10.0 Å². The van der Waals surface area contributed by atoms with E-state index in [2.05, 4.69) is 41.8 Å². The largest absolute Gasteiger partial charge is 0.442 e. The number of nitrogens with zero attached hydrogens (tertiary/aromatic N) is 5. The molecule has 0 aromatic carbocycles. The number of hydrogen-bond donors (Lipinski definition) is 0. The second kappa shape index (κ2) is 10.1. The van der Waals surface area contributed by atoms with Crippen molar-refractivity contribution in [2.75, 3.05) is 23.4 Å². The maximum Gasteiger partial charge on any atom is 0.429 e. The fraction of sp³-hybridized carbons (Fsp3) is 0.647. The third-order valence-corrected chi connectivity index (χ3v) is 4.13. The predicted octanol–water partition coefficient (Wildman–Crippen LogP) is 4.51. The summed E-state index contributed by atoms with van der Waals surface area (Å²) < 4.78 is 6.19. The first-order valence-corrected chi connectivity index (χ1v) is 10.3. The molecule has 0 saturated heterocycles. The third kappa shape index (κ3) is 7.08. The molecule has 1 amide bonds. The summed E-state index contributed by atoms with van der Waals surface area (Å²) in [5.74, 6) is 0.753. The molecule has 0 bridgehead atoms. The molecule has 0 N–H and O–H groups in total. The van der Waals surface area contributed by atoms with Gasteiger partial charge in [-0.3, -0.25) is 5.01 Å². The van der Waals surface area contributed by atoms with Crippen LogP contribution in [0.5, 0.6) is 0 Å². The van der Waals surface area contributed by atoms with Crippen molar-refractivity contribution in [1.82, 2.24) is 15.0 Å². The molecule has 144 valence electrons. The lowest BCUT2D eigenvalue weighted by atomic mass is 10.2. The van der Waals surface area contributed by atoms with Crippen LogP contribution in [-0.4, -0.2) is 45.1 Å². The number of anilines is 1. The fourth-order valence-corrected chi connectivity index (χ4v) is 2.72. The molecule has 7 nitrogen and oxygen atoms in total. The van der Waals surface area contributed by atoms with Crippen LogP contribution >= 0.6 is 31.9 Å². The Morgan fingerprint density at radius 1 is 1.42 bits per heavy atom. The van der Waals surface area contributed by atoms with Crippen LogP contribution in [0.15, 0.2) is 10.7 Å². The van der Waals surface area contributed by atoms with Crippen molar-refractivity contribution >= 4 is 43.8 Å². The molecule has 0 aliphatic rings. The number of halogens is 2. The van der Waals surface area contributed by atoms with E-state index in [0.29, 0.717) is 23.4 Å². The first-order chi connectivity index (χ1) is 12.1. The van der Waals surface area contributed by atoms with E-state index in [1.165, 1.54) is 6.20 Å². The second-order valence-electron chi connectivity index (χ2n) is 7.10. The third-order valence-electron chi connectivity index (χ3n) is 3.01. The Hall–Kier alpha value is -1.40. The van der Waals surface area contributed by atoms with Crippen LogP contribution in [0.1, 0.15) is 46.9 Å². The highest BCUT2D eigenvalue weighted by atomic mass is 79.9. The second-order valence-corrected chi connectivity index (χ2v) is 8.75. The van der Waals surface area contributed by atoms with E-state index in [4.69, 9.17) is 10.00 Å². The van der Waals surface area contributed by atoms with Crippen LogP contribution in [0.25, 0.3) is 0 Å². The van der Waals surface area contributed by atoms with Crippen LogP contribution in [-0.2, 0) is 4.74 Å². The van der Waals surface area contributed by atoms with E-state index < -0.39 is 11.7 Å². The number of amides is 1. The zero-order valence-electron chi connectivity index (χ0n) is 15.8. The number of aromatic nitrogens is 2. The molecular weight excluding hydrogens is 466 g/mol. The van der Waals surface area contributed by atoms with Gasteiger partial charge in [-0.2, -0.15) is 10.2 Å². The highest BCUT2D eigenvalue weighted by molar-refractivity contribution is 9.10. The van der Waals surface area contributed by atoms with Gasteiger partial charge in [-0.1, -0.05) is 29.8 Å². The minimum absolute atomic E-state index is 0.0431. The van der Waals surface area contributed by atoms with Crippen LogP contribution < -0.4 is 5.01 Å². The zero-order valence-corrected chi connectivity index (χ0v) is 19.0. The normalized spacial score (nSPS) is 11.2. The van der Waals surface area contributed by atoms with E-state index in [-0.39, 0.29) is 11.7 Å². The molecule has 0 saturated carbocycles. The van der Waals surface area contributed by atoms with E-state index >= 15 is 0 Å². The van der Waals surface area contributed by atoms with E-state index in [9.17, 15) is 4.79 Å². The molecule has 1 aromatic rings. The molecule has 0 aliphatic carbocycles. The lowest BCUT2D eigenvalue weighted by Gasteiger charge is -2.37. The summed E-state index contributed by atoms with van der Waals surface area (Å²) in [6, 6.07) is 1.94. The molecule has 1 aromatic heterocycles. The molecule has 0 unspecified atom stereocenters. The number of carbonyl (C=O) groups is 1. The summed E-state index contributed by atoms with van der Waals surface area (Å²) in [5, 5.41) is 13.2. The Labute approximate surface area is 172 Å². The van der Waals surface area contributed by atoms with Gasteiger partial charge < -0.3 is 4.74 Å². The number of carbonyl (C=O) groups excluding carboxylic acids is 1. The van der Waals surface area contributed by atoms with Crippen LogP contribution in [0, 0.1) is 17.2 Å². The Kier molecular flexibility index (Phi) is 8.77. The van der Waals surface area contributed by atoms with Crippen molar-refractivity contribution in [2.24, 2.45) is 5.92 Å². The lowest BCUT2D eigenvalue weighted by Crippen LogP contribution is -2.51. The van der Waals surface area contributed by atoms with Crippen molar-refractivity contribution < 1.29 is 9.53 Å². The number of ether oxygens (including phenoxy) is 1. The number of hydrogen-bond acceptors (Lipinski definition) is 6. The maximum atomic E-state index is 12.8. The number of rotatable bonds is 7. The van der Waals surface area contributed by atoms with Gasteiger partial charge in [0.2, 0.25) is 5.82 Å². The van der Waals surface area contributed by atoms with Gasteiger partial charge in [-0.25, -0.2) is 14.8 Å². The van der Waals surface area contributed by atoms with Crippen molar-refractivity contribution in [3.8, 4) is 6.07 Å². The van der Waals surface area contributed by atoms with Crippen molar-refractivity contribution in [3.05, 3.63) is 16.5 Å². The number of hydrazine groups is 1. The highest BCUT2D eigenvalue weighted by Gasteiger charge is 2.29. The van der Waals surface area contributed by atoms with Gasteiger partial charge in [0.25, 0.3) is 0 Å². The average molecular weight is 491 g/mol. The van der Waals surface area contributed by atoms with Crippen molar-refractivity contribution in [3.63, 3.8) is 0 Å². The summed E-state index contributed by atoms with van der Waals surface area (Å²) in [5.41, 5.74) is -0.617. The van der Waals surface area contributed by atoms with E-state index in [1.807, 2.05) is 40.7 Å². The average Bonchev–Trinajstić information content (AvgIpc) is 2.52. The first kappa shape index (κ1) is 22.6.